The number of ether oxygens (including phenoxy) is 2. The van der Waals surface area contributed by atoms with Crippen LogP contribution in [0.4, 0.5) is 5.82 Å². The van der Waals surface area contributed by atoms with Gasteiger partial charge in [-0.1, -0.05) is 23.2 Å². The minimum Gasteiger partial charge on any atom is -0.436 e. The average molecular weight is 505 g/mol. The van der Waals surface area contributed by atoms with E-state index in [0.717, 1.165) is 25.9 Å². The van der Waals surface area contributed by atoms with E-state index in [0.29, 0.717) is 42.2 Å². The van der Waals surface area contributed by atoms with Crippen LogP contribution in [0.1, 0.15) is 18.7 Å². The second-order valence-corrected chi connectivity index (χ2v) is 9.70. The summed E-state index contributed by atoms with van der Waals surface area (Å²) >= 11 is 13.0. The lowest BCUT2D eigenvalue weighted by Crippen LogP contribution is -2.49. The summed E-state index contributed by atoms with van der Waals surface area (Å²) in [5.41, 5.74) is 6.53. The third kappa shape index (κ3) is 4.07. The van der Waals surface area contributed by atoms with Crippen molar-refractivity contribution < 1.29 is 9.47 Å². The highest BCUT2D eigenvalue weighted by atomic mass is 35.5. The van der Waals surface area contributed by atoms with E-state index in [1.165, 1.54) is 4.57 Å². The molecule has 34 heavy (non-hydrogen) atoms. The molecule has 1 atom stereocenters. The van der Waals surface area contributed by atoms with Gasteiger partial charge in [-0.2, -0.15) is 0 Å². The molecule has 2 N–H and O–H groups in total. The molecule has 0 amide bonds. The minimum atomic E-state index is -0.236. The van der Waals surface area contributed by atoms with E-state index in [1.54, 1.807) is 49.1 Å². The maximum atomic E-state index is 13.2. The molecule has 3 aromatic rings. The maximum Gasteiger partial charge on any atom is 0.260 e. The minimum absolute atomic E-state index is 0.0316. The van der Waals surface area contributed by atoms with E-state index >= 15 is 0 Å². The number of aromatic nitrogens is 4. The molecule has 1 aromatic carbocycles. The first kappa shape index (κ1) is 23.2. The fraction of sp³-hybridized carbons (Fsp3) is 0.435. The highest BCUT2D eigenvalue weighted by Crippen LogP contribution is 2.40. The quantitative estimate of drug-likeness (QED) is 0.581. The summed E-state index contributed by atoms with van der Waals surface area (Å²) in [4.78, 5) is 20.0. The van der Waals surface area contributed by atoms with Crippen molar-refractivity contribution in [2.24, 2.45) is 18.2 Å². The molecule has 9 nitrogen and oxygen atoms in total. The lowest BCUT2D eigenvalue weighted by atomic mass is 9.75. The molecule has 0 radical (unpaired) electrons. The molecule has 1 spiro atoms. The molecule has 2 aromatic heterocycles. The Balaban J connectivity index is 1.40. The number of halogens is 2. The molecule has 2 aliphatic rings. The SMILES string of the molecule is Cc1nc(N2CCC3(CC2)COC[C@H]3N)cc(=O)n1-c1ccc(Oc2ccn(C)n2)c(Cl)c1Cl. The van der Waals surface area contributed by atoms with Gasteiger partial charge in [0.15, 0.2) is 0 Å². The van der Waals surface area contributed by atoms with Crippen molar-refractivity contribution in [3.05, 3.63) is 56.7 Å². The second kappa shape index (κ2) is 8.88. The van der Waals surface area contributed by atoms with Crippen molar-refractivity contribution in [2.45, 2.75) is 25.8 Å². The normalized spacial score (nSPS) is 19.7. The number of nitrogens with zero attached hydrogens (tertiary/aromatic N) is 5. The Morgan fingerprint density at radius 2 is 1.97 bits per heavy atom. The zero-order valence-corrected chi connectivity index (χ0v) is 20.5. The van der Waals surface area contributed by atoms with Crippen molar-refractivity contribution in [3.63, 3.8) is 0 Å². The molecule has 11 heteroatoms. The number of hydrogen-bond donors (Lipinski definition) is 1. The van der Waals surface area contributed by atoms with Gasteiger partial charge in [-0.3, -0.25) is 14.0 Å². The number of aryl methyl sites for hydroxylation is 2. The van der Waals surface area contributed by atoms with Gasteiger partial charge in [0.1, 0.15) is 22.4 Å². The molecule has 2 saturated heterocycles. The smallest absolute Gasteiger partial charge is 0.260 e. The van der Waals surface area contributed by atoms with E-state index in [4.69, 9.17) is 43.4 Å². The van der Waals surface area contributed by atoms with Gasteiger partial charge in [-0.05, 0) is 31.9 Å². The number of benzene rings is 1. The molecule has 2 fully saturated rings. The molecule has 4 heterocycles. The Morgan fingerprint density at radius 3 is 2.59 bits per heavy atom. The standard InChI is InChI=1S/C23H26Cl2N6O3/c1-14-27-18(30-9-6-23(7-10-30)13-33-12-17(23)26)11-20(32)31(14)15-3-4-16(22(25)21(15)24)34-19-5-8-29(2)28-19/h3-5,8,11,17H,6-7,9-10,12-13,26H2,1-2H3/t17-/m1/s1. The van der Waals surface area contributed by atoms with Crippen LogP contribution in [0.25, 0.3) is 5.69 Å². The maximum absolute atomic E-state index is 13.2. The van der Waals surface area contributed by atoms with E-state index in [2.05, 4.69) is 10.00 Å². The first-order chi connectivity index (χ1) is 16.3. The van der Waals surface area contributed by atoms with Gasteiger partial charge >= 0.3 is 0 Å². The summed E-state index contributed by atoms with van der Waals surface area (Å²) in [5.74, 6) is 1.90. The Hall–Kier alpha value is -2.59. The highest BCUT2D eigenvalue weighted by Gasteiger charge is 2.44. The monoisotopic (exact) mass is 504 g/mol. The summed E-state index contributed by atoms with van der Waals surface area (Å²) in [5, 5.41) is 4.57. The third-order valence-electron chi connectivity index (χ3n) is 6.80. The fourth-order valence-corrected chi connectivity index (χ4v) is 5.18. The lowest BCUT2D eigenvalue weighted by Gasteiger charge is -2.41. The van der Waals surface area contributed by atoms with Gasteiger partial charge in [-0.25, -0.2) is 4.98 Å². The molecule has 0 saturated carbocycles. The molecule has 0 aliphatic carbocycles. The molecule has 0 unspecified atom stereocenters. The topological polar surface area (TPSA) is 100 Å². The van der Waals surface area contributed by atoms with Crippen LogP contribution in [0, 0.1) is 12.3 Å². The van der Waals surface area contributed by atoms with Crippen LogP contribution in [-0.2, 0) is 11.8 Å². The number of anilines is 1. The molecule has 180 valence electrons. The largest absolute Gasteiger partial charge is 0.436 e. The predicted molar refractivity (Wildman–Crippen MR) is 131 cm³/mol. The second-order valence-electron chi connectivity index (χ2n) is 8.95. The molecular weight excluding hydrogens is 479 g/mol. The summed E-state index contributed by atoms with van der Waals surface area (Å²) in [6.45, 7) is 4.65. The van der Waals surface area contributed by atoms with Gasteiger partial charge in [0.05, 0.1) is 23.9 Å². The van der Waals surface area contributed by atoms with Crippen LogP contribution in [0.5, 0.6) is 11.6 Å². The molecule has 0 bridgehead atoms. The Morgan fingerprint density at radius 1 is 1.21 bits per heavy atom. The predicted octanol–water partition coefficient (Wildman–Crippen LogP) is 3.32. The van der Waals surface area contributed by atoms with Gasteiger partial charge in [0, 0.05) is 49.9 Å². The number of piperidine rings is 1. The number of hydrogen-bond acceptors (Lipinski definition) is 7. The van der Waals surface area contributed by atoms with Crippen molar-refractivity contribution in [1.29, 1.82) is 0 Å². The summed E-state index contributed by atoms with van der Waals surface area (Å²) in [7, 11) is 1.79. The van der Waals surface area contributed by atoms with Crippen LogP contribution < -0.4 is 20.9 Å². The van der Waals surface area contributed by atoms with Crippen LogP contribution in [0.3, 0.4) is 0 Å². The van der Waals surface area contributed by atoms with E-state index < -0.39 is 0 Å². The van der Waals surface area contributed by atoms with Crippen LogP contribution in [0.15, 0.2) is 35.3 Å². The van der Waals surface area contributed by atoms with Crippen molar-refractivity contribution >= 4 is 29.0 Å². The first-order valence-corrected chi connectivity index (χ1v) is 11.9. The summed E-state index contributed by atoms with van der Waals surface area (Å²) < 4.78 is 14.4. The first-order valence-electron chi connectivity index (χ1n) is 11.1. The Kier molecular flexibility index (Phi) is 6.05. The zero-order chi connectivity index (χ0) is 24.0. The Labute approximate surface area is 207 Å². The van der Waals surface area contributed by atoms with E-state index in [-0.39, 0.29) is 27.1 Å². The number of rotatable bonds is 4. The van der Waals surface area contributed by atoms with E-state index in [9.17, 15) is 4.79 Å². The fourth-order valence-electron chi connectivity index (χ4n) is 4.74. The van der Waals surface area contributed by atoms with Gasteiger partial charge in [-0.15, -0.1) is 5.10 Å². The molecule has 5 rings (SSSR count). The van der Waals surface area contributed by atoms with Crippen LogP contribution in [0.2, 0.25) is 10.0 Å². The van der Waals surface area contributed by atoms with Crippen molar-refractivity contribution in [3.8, 4) is 17.3 Å². The molecular formula is C23H26Cl2N6O3. The van der Waals surface area contributed by atoms with Crippen LogP contribution in [-0.4, -0.2) is 51.7 Å². The van der Waals surface area contributed by atoms with E-state index in [1.807, 2.05) is 0 Å². The van der Waals surface area contributed by atoms with Crippen molar-refractivity contribution in [2.75, 3.05) is 31.2 Å². The highest BCUT2D eigenvalue weighted by molar-refractivity contribution is 6.44. The summed E-state index contributed by atoms with van der Waals surface area (Å²) in [6.07, 6.45) is 3.59. The van der Waals surface area contributed by atoms with Crippen LogP contribution >= 0.6 is 23.2 Å². The third-order valence-corrected chi connectivity index (χ3v) is 7.66. The average Bonchev–Trinajstić information content (AvgIpc) is 3.38. The lowest BCUT2D eigenvalue weighted by molar-refractivity contribution is 0.131. The van der Waals surface area contributed by atoms with Crippen molar-refractivity contribution in [1.82, 2.24) is 19.3 Å². The Bertz CT molecular complexity index is 1280. The zero-order valence-electron chi connectivity index (χ0n) is 19.0. The van der Waals surface area contributed by atoms with Gasteiger partial charge in [0.25, 0.3) is 5.56 Å². The number of nitrogens with two attached hydrogens (primary N) is 1. The van der Waals surface area contributed by atoms with Gasteiger partial charge in [0.2, 0.25) is 5.88 Å². The summed E-state index contributed by atoms with van der Waals surface area (Å²) in [6, 6.07) is 6.67. The molecule has 2 aliphatic heterocycles. The van der Waals surface area contributed by atoms with Gasteiger partial charge < -0.3 is 20.1 Å².